The minimum Gasteiger partial charge on any atom is -0.458 e. The first kappa shape index (κ1) is 58.6. The number of fused-ring (bicyclic) bond motifs is 1. The van der Waals surface area contributed by atoms with Crippen LogP contribution in [-0.4, -0.2) is 106 Å². The third-order valence-electron chi connectivity index (χ3n) is 15.6. The fourth-order valence-electron chi connectivity index (χ4n) is 7.89. The number of rotatable bonds is 23. The molecule has 1 aromatic rings. The Morgan fingerprint density at radius 2 is 1.34 bits per heavy atom. The third kappa shape index (κ3) is 16.4. The number of benzene rings is 1. The van der Waals surface area contributed by atoms with Crippen LogP contribution in [0.1, 0.15) is 132 Å². The summed E-state index contributed by atoms with van der Waals surface area (Å²) in [6.45, 7) is 45.8. The molecule has 0 saturated carbocycles. The highest BCUT2D eigenvalue weighted by Gasteiger charge is 2.58. The molecule has 0 spiro atoms. The van der Waals surface area contributed by atoms with E-state index in [1.54, 1.807) is 12.1 Å². The van der Waals surface area contributed by atoms with Crippen LogP contribution in [0.3, 0.4) is 0 Å². The Bertz CT molecular complexity index is 1660. The van der Waals surface area contributed by atoms with Crippen LogP contribution in [0, 0.1) is 0 Å². The van der Waals surface area contributed by atoms with E-state index in [1.807, 2.05) is 30.4 Å². The van der Waals surface area contributed by atoms with Gasteiger partial charge in [-0.25, -0.2) is 4.79 Å². The molecule has 2 heterocycles. The average molecular weight is 1040 g/mol. The molecule has 1 N–H and O–H groups in total. The predicted molar refractivity (Wildman–Crippen MR) is 283 cm³/mol. The highest BCUT2D eigenvalue weighted by Crippen LogP contribution is 2.47. The molecule has 0 amide bonds. The molecule has 2 saturated heterocycles. The largest absolute Gasteiger partial charge is 0.458 e. The van der Waals surface area contributed by atoms with E-state index in [2.05, 4.69) is 145 Å². The SMILES string of the molecule is C=C(Br)C[C@H](CCC(O)/C=C/C(O[Si](C)(C)C(C)(C)C)[C@@H]1OC2CCC(CCO[Si](CC)(CC)CC)O[C@@H]2C(O[Si](C)(C)C(C)(C)C)C1O[Si](C)(C)C(C)(C)C)OC(=O)c1ccccc1. The van der Waals surface area contributed by atoms with Gasteiger partial charge in [0.1, 0.15) is 30.5 Å². The smallest absolute Gasteiger partial charge is 0.338 e. The fraction of sp³-hybridized carbons (Fsp3) is 0.784. The monoisotopic (exact) mass is 1040 g/mol. The Kier molecular flexibility index (Phi) is 21.5. The van der Waals surface area contributed by atoms with Crippen molar-refractivity contribution in [3.63, 3.8) is 0 Å². The van der Waals surface area contributed by atoms with E-state index in [0.29, 0.717) is 31.4 Å². The zero-order valence-electron chi connectivity index (χ0n) is 44.1. The molecule has 0 aliphatic carbocycles. The summed E-state index contributed by atoms with van der Waals surface area (Å²) in [5.41, 5.74) is 0.486. The number of hydrogen-bond donors (Lipinski definition) is 1. The van der Waals surface area contributed by atoms with E-state index < -0.39 is 75.9 Å². The van der Waals surface area contributed by atoms with Crippen molar-refractivity contribution in [1.29, 1.82) is 0 Å². The van der Waals surface area contributed by atoms with Crippen LogP contribution in [-0.2, 0) is 31.9 Å². The van der Waals surface area contributed by atoms with E-state index >= 15 is 0 Å². The van der Waals surface area contributed by atoms with Crippen molar-refractivity contribution < 1.29 is 41.8 Å². The number of aliphatic hydroxyl groups is 1. The summed E-state index contributed by atoms with van der Waals surface area (Å²) < 4.78 is 50.8. The summed E-state index contributed by atoms with van der Waals surface area (Å²) in [6.07, 6.45) is 3.79. The molecule has 0 aromatic heterocycles. The number of carbonyl (C=O) groups excluding carboxylic acids is 1. The Labute approximate surface area is 409 Å². The molecule has 14 heteroatoms. The van der Waals surface area contributed by atoms with Crippen molar-refractivity contribution in [3.05, 3.63) is 59.1 Å². The van der Waals surface area contributed by atoms with Crippen molar-refractivity contribution in [2.24, 2.45) is 0 Å². The molecule has 65 heavy (non-hydrogen) atoms. The lowest BCUT2D eigenvalue weighted by Gasteiger charge is -2.56. The van der Waals surface area contributed by atoms with Crippen LogP contribution in [0.5, 0.6) is 0 Å². The predicted octanol–water partition coefficient (Wildman–Crippen LogP) is 14.1. The summed E-state index contributed by atoms with van der Waals surface area (Å²) in [6, 6.07) is 12.4. The first-order valence-electron chi connectivity index (χ1n) is 24.8. The Morgan fingerprint density at radius 1 is 0.800 bits per heavy atom. The van der Waals surface area contributed by atoms with Crippen molar-refractivity contribution in [3.8, 4) is 0 Å². The fourth-order valence-corrected chi connectivity index (χ4v) is 14.8. The molecule has 9 nitrogen and oxygen atoms in total. The van der Waals surface area contributed by atoms with Gasteiger partial charge in [-0.2, -0.15) is 0 Å². The van der Waals surface area contributed by atoms with Gasteiger partial charge >= 0.3 is 5.97 Å². The van der Waals surface area contributed by atoms with Gasteiger partial charge in [0.2, 0.25) is 0 Å². The molecule has 0 radical (unpaired) electrons. The van der Waals surface area contributed by atoms with Gasteiger partial charge in [0.15, 0.2) is 33.3 Å². The molecular formula is C51H93BrO9Si4. The number of ether oxygens (including phenoxy) is 3. The van der Waals surface area contributed by atoms with Crippen molar-refractivity contribution >= 4 is 55.2 Å². The summed E-state index contributed by atoms with van der Waals surface area (Å²) in [7, 11) is -9.09. The second-order valence-corrected chi connectivity index (χ2v) is 43.7. The highest BCUT2D eigenvalue weighted by molar-refractivity contribution is 9.11. The van der Waals surface area contributed by atoms with E-state index in [4.69, 9.17) is 31.9 Å². The van der Waals surface area contributed by atoms with Gasteiger partial charge in [0.05, 0.1) is 30.0 Å². The van der Waals surface area contributed by atoms with Crippen molar-refractivity contribution in [1.82, 2.24) is 0 Å². The Hall–Kier alpha value is -0.762. The topological polar surface area (TPSA) is 102 Å². The lowest BCUT2D eigenvalue weighted by molar-refractivity contribution is -0.267. The summed E-state index contributed by atoms with van der Waals surface area (Å²) >= 11 is 3.47. The van der Waals surface area contributed by atoms with Crippen LogP contribution in [0.25, 0.3) is 0 Å². The van der Waals surface area contributed by atoms with Gasteiger partial charge in [-0.3, -0.25) is 0 Å². The van der Waals surface area contributed by atoms with Crippen molar-refractivity contribution in [2.45, 2.75) is 249 Å². The van der Waals surface area contributed by atoms with Crippen molar-refractivity contribution in [2.75, 3.05) is 6.61 Å². The molecule has 2 aliphatic rings. The molecule has 1 aromatic carbocycles. The van der Waals surface area contributed by atoms with Crippen LogP contribution in [0.4, 0.5) is 0 Å². The molecule has 374 valence electrons. The molecular weight excluding hydrogens is 949 g/mol. The van der Waals surface area contributed by atoms with Crippen LogP contribution in [0.2, 0.25) is 72.5 Å². The molecule has 2 aliphatic heterocycles. The Morgan fingerprint density at radius 3 is 1.85 bits per heavy atom. The first-order chi connectivity index (χ1) is 29.8. The lowest BCUT2D eigenvalue weighted by Crippen LogP contribution is -2.69. The van der Waals surface area contributed by atoms with Crippen LogP contribution in [0.15, 0.2) is 53.5 Å². The molecule has 2 fully saturated rings. The zero-order valence-corrected chi connectivity index (χ0v) is 49.7. The maximum atomic E-state index is 13.1. The van der Waals surface area contributed by atoms with E-state index in [9.17, 15) is 9.90 Å². The first-order valence-corrected chi connectivity index (χ1v) is 36.8. The quantitative estimate of drug-likeness (QED) is 0.0652. The van der Waals surface area contributed by atoms with E-state index in [0.717, 1.165) is 41.9 Å². The average Bonchev–Trinajstić information content (AvgIpc) is 3.19. The van der Waals surface area contributed by atoms with Gasteiger partial charge in [-0.1, -0.05) is 136 Å². The molecule has 0 bridgehead atoms. The lowest BCUT2D eigenvalue weighted by atomic mass is 9.87. The summed E-state index contributed by atoms with van der Waals surface area (Å²) in [5, 5.41) is 11.4. The van der Waals surface area contributed by atoms with E-state index in [1.165, 1.54) is 0 Å². The normalized spacial score (nSPS) is 24.4. The standard InChI is InChI=1S/C51H93BrO9Si4/c1-20-65(21-2,22-3)55-35-34-40-31-33-42-44(56-40)46(60-63(16,17)50(8,9)10)47(61-64(18,19)51(11,12)13)45(58-42)43(59-62(14,15)49(5,6)7)32-29-39(53)28-30-41(36-37(4)52)57-48(54)38-26-24-23-25-27-38/h23-27,29,32,39-47,53H,4,20-22,28,30-31,33-36H2,1-3,5-19H3/b32-29+/t39?,40?,41-,42?,43?,44-,45-,46?,47?/m0/s1. The number of esters is 1. The van der Waals surface area contributed by atoms with Crippen LogP contribution >= 0.6 is 15.9 Å². The summed E-state index contributed by atoms with van der Waals surface area (Å²) in [4.78, 5) is 13.1. The molecule has 3 rings (SSSR count). The number of carbonyl (C=O) groups is 1. The minimum absolute atomic E-state index is 0.0273. The highest BCUT2D eigenvalue weighted by atomic mass is 79.9. The molecule has 9 atom stereocenters. The molecule has 6 unspecified atom stereocenters. The number of halogens is 1. The summed E-state index contributed by atoms with van der Waals surface area (Å²) in [5.74, 6) is -0.397. The maximum Gasteiger partial charge on any atom is 0.338 e. The maximum absolute atomic E-state index is 13.1. The Balaban J connectivity index is 2.11. The van der Waals surface area contributed by atoms with Gasteiger partial charge in [0.25, 0.3) is 0 Å². The minimum atomic E-state index is -2.47. The number of aliphatic hydroxyl groups excluding tert-OH is 1. The zero-order chi connectivity index (χ0) is 49.4. The number of hydrogen-bond acceptors (Lipinski definition) is 9. The van der Waals surface area contributed by atoms with Gasteiger partial charge < -0.3 is 37.0 Å². The van der Waals surface area contributed by atoms with Gasteiger partial charge in [-0.15, -0.1) is 0 Å². The van der Waals surface area contributed by atoms with Gasteiger partial charge in [-0.05, 0) is 121 Å². The third-order valence-corrected chi connectivity index (χ3v) is 34.1. The van der Waals surface area contributed by atoms with Crippen LogP contribution < -0.4 is 0 Å². The second kappa shape index (κ2) is 23.9. The second-order valence-electron chi connectivity index (χ2n) is 23.5. The van der Waals surface area contributed by atoms with Gasteiger partial charge in [0, 0.05) is 13.0 Å². The van der Waals surface area contributed by atoms with E-state index in [-0.39, 0.29) is 33.4 Å².